The van der Waals surface area contributed by atoms with Crippen molar-refractivity contribution in [3.05, 3.63) is 17.7 Å². The molecule has 1 N–H and O–H groups in total. The van der Waals surface area contributed by atoms with E-state index in [0.717, 1.165) is 32.5 Å². The van der Waals surface area contributed by atoms with Crippen molar-refractivity contribution in [3.8, 4) is 17.2 Å². The Morgan fingerprint density at radius 1 is 1.28 bits per heavy atom. The van der Waals surface area contributed by atoms with Gasteiger partial charge in [-0.25, -0.2) is 0 Å². The van der Waals surface area contributed by atoms with Crippen LogP contribution in [0.1, 0.15) is 37.0 Å². The average molecular weight is 348 g/mol. The van der Waals surface area contributed by atoms with Crippen LogP contribution in [0.2, 0.25) is 0 Å². The summed E-state index contributed by atoms with van der Waals surface area (Å²) in [4.78, 5) is 15.1. The van der Waals surface area contributed by atoms with Gasteiger partial charge in [0.15, 0.2) is 11.5 Å². The van der Waals surface area contributed by atoms with Crippen molar-refractivity contribution >= 4 is 5.91 Å². The van der Waals surface area contributed by atoms with E-state index >= 15 is 0 Å². The molecule has 6 nitrogen and oxygen atoms in total. The average Bonchev–Trinajstić information content (AvgIpc) is 2.62. The molecule has 1 aromatic carbocycles. The summed E-state index contributed by atoms with van der Waals surface area (Å²) in [5, 5.41) is 3.15. The fourth-order valence-corrected chi connectivity index (χ4v) is 3.45. The molecule has 3 rings (SSSR count). The van der Waals surface area contributed by atoms with Crippen molar-refractivity contribution in [2.45, 2.75) is 32.7 Å². The van der Waals surface area contributed by atoms with Crippen LogP contribution in [0.3, 0.4) is 0 Å². The Morgan fingerprint density at radius 2 is 2.00 bits per heavy atom. The van der Waals surface area contributed by atoms with Crippen molar-refractivity contribution in [1.82, 2.24) is 10.2 Å². The largest absolute Gasteiger partial charge is 0.493 e. The Hall–Kier alpha value is -1.95. The van der Waals surface area contributed by atoms with Gasteiger partial charge in [-0.3, -0.25) is 4.79 Å². The highest BCUT2D eigenvalue weighted by atomic mass is 16.6. The molecule has 0 spiro atoms. The molecule has 0 unspecified atom stereocenters. The van der Waals surface area contributed by atoms with Crippen molar-refractivity contribution in [1.29, 1.82) is 0 Å². The van der Waals surface area contributed by atoms with Crippen LogP contribution in [0.15, 0.2) is 12.1 Å². The van der Waals surface area contributed by atoms with Crippen molar-refractivity contribution in [2.75, 3.05) is 40.0 Å². The summed E-state index contributed by atoms with van der Waals surface area (Å²) in [6.07, 6.45) is 1.97. The molecule has 0 saturated carbocycles. The fraction of sp³-hybridized carbons (Fsp3) is 0.632. The fourth-order valence-electron chi connectivity index (χ4n) is 3.45. The maximum absolute atomic E-state index is 12.6. The zero-order chi connectivity index (χ0) is 17.8. The number of hydrogen-bond acceptors (Lipinski definition) is 5. The van der Waals surface area contributed by atoms with E-state index in [0.29, 0.717) is 41.9 Å². The molecule has 0 radical (unpaired) electrons. The second kappa shape index (κ2) is 7.95. The van der Waals surface area contributed by atoms with Crippen molar-refractivity contribution in [3.63, 3.8) is 0 Å². The highest BCUT2D eigenvalue weighted by molar-refractivity contribution is 5.95. The molecule has 1 amide bonds. The lowest BCUT2D eigenvalue weighted by atomic mass is 10.0. The van der Waals surface area contributed by atoms with Crippen LogP contribution in [-0.2, 0) is 0 Å². The van der Waals surface area contributed by atoms with E-state index in [1.165, 1.54) is 0 Å². The number of carbonyl (C=O) groups is 1. The summed E-state index contributed by atoms with van der Waals surface area (Å²) in [5.74, 6) is 2.28. The Labute approximate surface area is 149 Å². The monoisotopic (exact) mass is 348 g/mol. The van der Waals surface area contributed by atoms with E-state index in [-0.39, 0.29) is 11.9 Å². The summed E-state index contributed by atoms with van der Waals surface area (Å²) in [7, 11) is 1.57. The van der Waals surface area contributed by atoms with Crippen LogP contribution in [0.25, 0.3) is 0 Å². The normalized spacial score (nSPS) is 18.2. The molecule has 2 aliphatic rings. The number of carbonyl (C=O) groups excluding carboxylic acids is 1. The van der Waals surface area contributed by atoms with Gasteiger partial charge in [-0.05, 0) is 30.9 Å². The van der Waals surface area contributed by atoms with Crippen LogP contribution < -0.4 is 19.5 Å². The second-order valence-corrected chi connectivity index (χ2v) is 7.14. The number of rotatable bonds is 5. The lowest BCUT2D eigenvalue weighted by molar-refractivity contribution is 0.0905. The molecule has 1 saturated heterocycles. The predicted molar refractivity (Wildman–Crippen MR) is 95.8 cm³/mol. The van der Waals surface area contributed by atoms with Gasteiger partial charge in [-0.2, -0.15) is 0 Å². The minimum absolute atomic E-state index is 0.0856. The first-order chi connectivity index (χ1) is 12.1. The molecule has 6 heteroatoms. The summed E-state index contributed by atoms with van der Waals surface area (Å²) in [6, 6.07) is 3.67. The van der Waals surface area contributed by atoms with E-state index in [1.54, 1.807) is 19.2 Å². The number of ether oxygens (including phenoxy) is 3. The minimum Gasteiger partial charge on any atom is -0.493 e. The number of benzene rings is 1. The summed E-state index contributed by atoms with van der Waals surface area (Å²) >= 11 is 0. The second-order valence-electron chi connectivity index (χ2n) is 7.14. The number of nitrogens with one attached hydrogen (secondary N) is 1. The SMILES string of the molecule is COc1cc(C(=O)NC2CCN(CC(C)C)CC2)cc2c1OCCO2. The molecule has 0 atom stereocenters. The van der Waals surface area contributed by atoms with Crippen LogP contribution in [-0.4, -0.2) is 56.8 Å². The molecule has 1 aromatic rings. The number of nitrogens with zero attached hydrogens (tertiary/aromatic N) is 1. The summed E-state index contributed by atoms with van der Waals surface area (Å²) in [5.41, 5.74) is 0.547. The van der Waals surface area contributed by atoms with Gasteiger partial charge in [0.2, 0.25) is 5.75 Å². The lowest BCUT2D eigenvalue weighted by Crippen LogP contribution is -2.45. The van der Waals surface area contributed by atoms with Gasteiger partial charge in [0.1, 0.15) is 13.2 Å². The van der Waals surface area contributed by atoms with Gasteiger partial charge >= 0.3 is 0 Å². The molecule has 0 aliphatic carbocycles. The van der Waals surface area contributed by atoms with Gasteiger partial charge in [0.25, 0.3) is 5.91 Å². The number of hydrogen-bond donors (Lipinski definition) is 1. The smallest absolute Gasteiger partial charge is 0.251 e. The number of fused-ring (bicyclic) bond motifs is 1. The molecule has 138 valence electrons. The van der Waals surface area contributed by atoms with Crippen LogP contribution in [0.4, 0.5) is 0 Å². The summed E-state index contributed by atoms with van der Waals surface area (Å²) in [6.45, 7) is 8.65. The molecule has 1 fully saturated rings. The van der Waals surface area contributed by atoms with E-state index in [4.69, 9.17) is 14.2 Å². The van der Waals surface area contributed by atoms with E-state index in [1.807, 2.05) is 0 Å². The van der Waals surface area contributed by atoms with Gasteiger partial charge in [0, 0.05) is 31.2 Å². The standard InChI is InChI=1S/C19H28N2O4/c1-13(2)12-21-6-4-15(5-7-21)20-19(22)14-10-16(23-3)18-17(11-14)24-8-9-25-18/h10-11,13,15H,4-9,12H2,1-3H3,(H,20,22). The van der Waals surface area contributed by atoms with Crippen molar-refractivity contribution < 1.29 is 19.0 Å². The van der Waals surface area contributed by atoms with E-state index < -0.39 is 0 Å². The third kappa shape index (κ3) is 4.37. The first-order valence-electron chi connectivity index (χ1n) is 9.07. The Kier molecular flexibility index (Phi) is 5.68. The summed E-state index contributed by atoms with van der Waals surface area (Å²) < 4.78 is 16.5. The Morgan fingerprint density at radius 3 is 2.68 bits per heavy atom. The number of methoxy groups -OCH3 is 1. The first-order valence-corrected chi connectivity index (χ1v) is 9.07. The Balaban J connectivity index is 1.62. The van der Waals surface area contributed by atoms with E-state index in [9.17, 15) is 4.79 Å². The maximum atomic E-state index is 12.6. The highest BCUT2D eigenvalue weighted by Gasteiger charge is 2.24. The van der Waals surface area contributed by atoms with E-state index in [2.05, 4.69) is 24.1 Å². The number of likely N-dealkylation sites (tertiary alicyclic amines) is 1. The van der Waals surface area contributed by atoms with Crippen LogP contribution in [0, 0.1) is 5.92 Å². The molecular weight excluding hydrogens is 320 g/mol. The maximum Gasteiger partial charge on any atom is 0.251 e. The minimum atomic E-state index is -0.0856. The molecule has 2 aliphatic heterocycles. The van der Waals surface area contributed by atoms with Gasteiger partial charge in [-0.15, -0.1) is 0 Å². The van der Waals surface area contributed by atoms with Crippen LogP contribution in [0.5, 0.6) is 17.2 Å². The lowest BCUT2D eigenvalue weighted by Gasteiger charge is -2.33. The third-order valence-corrected chi connectivity index (χ3v) is 4.64. The number of piperidine rings is 1. The molecule has 0 aromatic heterocycles. The predicted octanol–water partition coefficient (Wildman–Crippen LogP) is 2.32. The third-order valence-electron chi connectivity index (χ3n) is 4.64. The van der Waals surface area contributed by atoms with Crippen molar-refractivity contribution in [2.24, 2.45) is 5.92 Å². The molecule has 25 heavy (non-hydrogen) atoms. The topological polar surface area (TPSA) is 60.0 Å². The molecular formula is C19H28N2O4. The Bertz CT molecular complexity index is 592. The van der Waals surface area contributed by atoms with Crippen LogP contribution >= 0.6 is 0 Å². The number of amides is 1. The molecule has 2 heterocycles. The van der Waals surface area contributed by atoms with Gasteiger partial charge < -0.3 is 24.4 Å². The van der Waals surface area contributed by atoms with Gasteiger partial charge in [-0.1, -0.05) is 13.8 Å². The molecule has 0 bridgehead atoms. The first kappa shape index (κ1) is 17.9. The quantitative estimate of drug-likeness (QED) is 0.885. The highest BCUT2D eigenvalue weighted by Crippen LogP contribution is 2.40. The van der Waals surface area contributed by atoms with Gasteiger partial charge in [0.05, 0.1) is 7.11 Å². The zero-order valence-corrected chi connectivity index (χ0v) is 15.3. The zero-order valence-electron chi connectivity index (χ0n) is 15.3.